The second-order valence-corrected chi connectivity index (χ2v) is 9.29. The van der Waals surface area contributed by atoms with Crippen LogP contribution in [0.3, 0.4) is 0 Å². The summed E-state index contributed by atoms with van der Waals surface area (Å²) in [6.45, 7) is 7.60. The molecule has 0 saturated carbocycles. The monoisotopic (exact) mass is 434 g/mol. The van der Waals surface area contributed by atoms with Gasteiger partial charge in [0.2, 0.25) is 5.76 Å². The summed E-state index contributed by atoms with van der Waals surface area (Å²) in [5.41, 5.74) is -0.413. The third kappa shape index (κ3) is 4.90. The highest BCUT2D eigenvalue weighted by molar-refractivity contribution is 7.99. The maximum atomic E-state index is 12.7. The Bertz CT molecular complexity index is 850. The van der Waals surface area contributed by atoms with Crippen molar-refractivity contribution in [2.75, 3.05) is 6.61 Å². The quantitative estimate of drug-likeness (QED) is 0.626. The SMILES string of the molecule is CC1(C)OC(Sc2ccccc2)[C@H]([C@H](OC(=O)c2ccco2)[C@H]2COC(C)(C)O2)O1. The topological polar surface area (TPSA) is 76.4 Å². The zero-order chi connectivity index (χ0) is 21.4. The fourth-order valence-electron chi connectivity index (χ4n) is 3.51. The van der Waals surface area contributed by atoms with E-state index >= 15 is 0 Å². The molecule has 162 valence electrons. The van der Waals surface area contributed by atoms with Crippen LogP contribution in [0.2, 0.25) is 0 Å². The molecule has 0 spiro atoms. The number of benzene rings is 1. The number of thioether (sulfide) groups is 1. The van der Waals surface area contributed by atoms with E-state index in [1.54, 1.807) is 12.1 Å². The van der Waals surface area contributed by atoms with E-state index in [0.717, 1.165) is 4.90 Å². The molecule has 7 nitrogen and oxygen atoms in total. The number of hydrogen-bond donors (Lipinski definition) is 0. The number of carbonyl (C=O) groups excluding carboxylic acids is 1. The van der Waals surface area contributed by atoms with E-state index in [1.807, 2.05) is 58.0 Å². The molecule has 30 heavy (non-hydrogen) atoms. The summed E-state index contributed by atoms with van der Waals surface area (Å²) >= 11 is 1.51. The maximum Gasteiger partial charge on any atom is 0.374 e. The Morgan fingerprint density at radius 1 is 1.03 bits per heavy atom. The fraction of sp³-hybridized carbons (Fsp3) is 0.500. The van der Waals surface area contributed by atoms with E-state index in [0.29, 0.717) is 0 Å². The number of esters is 1. The van der Waals surface area contributed by atoms with Crippen LogP contribution in [0.5, 0.6) is 0 Å². The molecule has 8 heteroatoms. The zero-order valence-electron chi connectivity index (χ0n) is 17.4. The Labute approximate surface area is 180 Å². The molecule has 0 N–H and O–H groups in total. The molecule has 2 saturated heterocycles. The Balaban J connectivity index is 1.60. The minimum atomic E-state index is -0.846. The van der Waals surface area contributed by atoms with E-state index in [4.69, 9.17) is 28.1 Å². The Morgan fingerprint density at radius 2 is 1.80 bits per heavy atom. The van der Waals surface area contributed by atoms with Gasteiger partial charge >= 0.3 is 5.97 Å². The highest BCUT2D eigenvalue weighted by atomic mass is 32.2. The van der Waals surface area contributed by atoms with Gasteiger partial charge in [-0.2, -0.15) is 0 Å². The van der Waals surface area contributed by atoms with Crippen molar-refractivity contribution < 1.29 is 32.9 Å². The molecule has 2 aliphatic rings. The van der Waals surface area contributed by atoms with E-state index in [9.17, 15) is 4.79 Å². The molecule has 1 aromatic carbocycles. The van der Waals surface area contributed by atoms with Crippen molar-refractivity contribution in [1.29, 1.82) is 0 Å². The van der Waals surface area contributed by atoms with Gasteiger partial charge in [-0.05, 0) is 52.0 Å². The van der Waals surface area contributed by atoms with Gasteiger partial charge in [-0.1, -0.05) is 30.0 Å². The first-order valence-corrected chi connectivity index (χ1v) is 10.7. The summed E-state index contributed by atoms with van der Waals surface area (Å²) in [5, 5.41) is 0. The number of carbonyl (C=O) groups is 1. The first-order valence-electron chi connectivity index (χ1n) is 9.86. The van der Waals surface area contributed by atoms with Gasteiger partial charge in [-0.3, -0.25) is 0 Å². The predicted octanol–water partition coefficient (Wildman–Crippen LogP) is 4.23. The summed E-state index contributed by atoms with van der Waals surface area (Å²) in [5.74, 6) is -2.10. The molecule has 3 heterocycles. The van der Waals surface area contributed by atoms with Crippen LogP contribution in [0.15, 0.2) is 58.0 Å². The van der Waals surface area contributed by atoms with Crippen LogP contribution >= 0.6 is 11.8 Å². The summed E-state index contributed by atoms with van der Waals surface area (Å²) in [7, 11) is 0. The minimum Gasteiger partial charge on any atom is -0.457 e. The van der Waals surface area contributed by atoms with Crippen LogP contribution < -0.4 is 0 Å². The molecule has 4 rings (SSSR count). The Kier molecular flexibility index (Phi) is 5.96. The third-order valence-corrected chi connectivity index (χ3v) is 5.91. The van der Waals surface area contributed by atoms with E-state index in [1.165, 1.54) is 18.0 Å². The molecular formula is C22H26O7S. The summed E-state index contributed by atoms with van der Waals surface area (Å²) in [6.07, 6.45) is -0.421. The van der Waals surface area contributed by atoms with Gasteiger partial charge in [0.15, 0.2) is 17.7 Å². The Morgan fingerprint density at radius 3 is 2.43 bits per heavy atom. The average Bonchev–Trinajstić information content (AvgIpc) is 3.40. The summed E-state index contributed by atoms with van der Waals surface area (Å²) < 4.78 is 35.2. The number of hydrogen-bond acceptors (Lipinski definition) is 8. The molecule has 1 unspecified atom stereocenters. The highest BCUT2D eigenvalue weighted by Gasteiger charge is 2.52. The van der Waals surface area contributed by atoms with Crippen LogP contribution in [-0.2, 0) is 23.7 Å². The van der Waals surface area contributed by atoms with Crippen molar-refractivity contribution in [1.82, 2.24) is 0 Å². The normalized spacial score (nSPS) is 28.3. The highest BCUT2D eigenvalue weighted by Crippen LogP contribution is 2.42. The van der Waals surface area contributed by atoms with Crippen molar-refractivity contribution in [2.24, 2.45) is 0 Å². The van der Waals surface area contributed by atoms with Crippen molar-refractivity contribution in [3.63, 3.8) is 0 Å². The molecule has 0 bridgehead atoms. The lowest BCUT2D eigenvalue weighted by atomic mass is 10.1. The van der Waals surface area contributed by atoms with Crippen molar-refractivity contribution in [2.45, 2.75) is 67.9 Å². The van der Waals surface area contributed by atoms with Gasteiger partial charge in [-0.15, -0.1) is 0 Å². The van der Waals surface area contributed by atoms with E-state index < -0.39 is 41.3 Å². The summed E-state index contributed by atoms with van der Waals surface area (Å²) in [4.78, 5) is 13.7. The van der Waals surface area contributed by atoms with Crippen LogP contribution in [0.25, 0.3) is 0 Å². The molecule has 2 fully saturated rings. The minimum absolute atomic E-state index is 0.114. The molecule has 2 aliphatic heterocycles. The first kappa shape index (κ1) is 21.4. The average molecular weight is 435 g/mol. The van der Waals surface area contributed by atoms with Crippen LogP contribution in [-0.4, -0.2) is 47.9 Å². The molecule has 4 atom stereocenters. The van der Waals surface area contributed by atoms with Gasteiger partial charge in [0.25, 0.3) is 0 Å². The lowest BCUT2D eigenvalue weighted by Crippen LogP contribution is -2.47. The van der Waals surface area contributed by atoms with Gasteiger partial charge in [0, 0.05) is 4.90 Å². The van der Waals surface area contributed by atoms with E-state index in [-0.39, 0.29) is 12.4 Å². The smallest absolute Gasteiger partial charge is 0.374 e. The second-order valence-electron chi connectivity index (χ2n) is 8.11. The second kappa shape index (κ2) is 8.36. The number of rotatable bonds is 6. The molecule has 2 aromatic rings. The number of furan rings is 1. The zero-order valence-corrected chi connectivity index (χ0v) is 18.2. The van der Waals surface area contributed by atoms with E-state index in [2.05, 4.69) is 0 Å². The van der Waals surface area contributed by atoms with Gasteiger partial charge in [0.1, 0.15) is 17.6 Å². The molecular weight excluding hydrogens is 408 g/mol. The maximum absolute atomic E-state index is 12.7. The third-order valence-electron chi connectivity index (χ3n) is 4.77. The van der Waals surface area contributed by atoms with Gasteiger partial charge < -0.3 is 28.1 Å². The lowest BCUT2D eigenvalue weighted by molar-refractivity contribution is -0.179. The molecule has 0 radical (unpaired) electrons. The van der Waals surface area contributed by atoms with Crippen LogP contribution in [0.4, 0.5) is 0 Å². The molecule has 0 aliphatic carbocycles. The van der Waals surface area contributed by atoms with Gasteiger partial charge in [0.05, 0.1) is 12.9 Å². The summed E-state index contributed by atoms with van der Waals surface area (Å²) in [6, 6.07) is 13.1. The Hall–Kier alpha value is -1.84. The van der Waals surface area contributed by atoms with Crippen molar-refractivity contribution in [3.8, 4) is 0 Å². The standard InChI is InChI=1S/C22H26O7S/c1-21(2)25-13-16(27-21)17(26-19(23)15-11-8-12-24-15)18-20(29-22(3,4)28-18)30-14-9-6-5-7-10-14/h5-12,16-18,20H,13H2,1-4H3/t16-,17-,18+,20?/m1/s1. The van der Waals surface area contributed by atoms with Crippen molar-refractivity contribution >= 4 is 17.7 Å². The fourth-order valence-corrected chi connectivity index (χ4v) is 4.72. The molecule has 1 aromatic heterocycles. The van der Waals surface area contributed by atoms with Gasteiger partial charge in [-0.25, -0.2) is 4.79 Å². The number of ether oxygens (including phenoxy) is 5. The van der Waals surface area contributed by atoms with Crippen molar-refractivity contribution in [3.05, 3.63) is 54.5 Å². The van der Waals surface area contributed by atoms with Crippen LogP contribution in [0, 0.1) is 0 Å². The molecule has 0 amide bonds. The van der Waals surface area contributed by atoms with Crippen LogP contribution in [0.1, 0.15) is 38.2 Å². The predicted molar refractivity (Wildman–Crippen MR) is 109 cm³/mol. The lowest BCUT2D eigenvalue weighted by Gasteiger charge is -2.30. The largest absolute Gasteiger partial charge is 0.457 e. The first-order chi connectivity index (χ1) is 14.2.